The van der Waals surface area contributed by atoms with E-state index in [1.165, 1.54) is 0 Å². The largest absolute Gasteiger partial charge is 0.328 e. The van der Waals surface area contributed by atoms with Gasteiger partial charge in [0.25, 0.3) is 0 Å². The van der Waals surface area contributed by atoms with Crippen LogP contribution in [0.4, 0.5) is 0 Å². The number of nitrogens with one attached hydrogen (secondary N) is 1. The zero-order valence-corrected chi connectivity index (χ0v) is 10.1. The molecule has 4 heteroatoms. The molecule has 0 aromatic heterocycles. The van der Waals surface area contributed by atoms with Gasteiger partial charge in [-0.05, 0) is 31.8 Å². The van der Waals surface area contributed by atoms with Crippen LogP contribution in [0.15, 0.2) is 0 Å². The third-order valence-corrected chi connectivity index (χ3v) is 3.60. The van der Waals surface area contributed by atoms with E-state index < -0.39 is 0 Å². The van der Waals surface area contributed by atoms with Gasteiger partial charge in [0, 0.05) is 6.54 Å². The van der Waals surface area contributed by atoms with Gasteiger partial charge in [0.05, 0.1) is 12.2 Å². The van der Waals surface area contributed by atoms with Crippen LogP contribution >= 0.6 is 11.8 Å². The Bertz CT molecular complexity index is 210. The monoisotopic (exact) mass is 216 g/mol. The molecule has 1 unspecified atom stereocenters. The van der Waals surface area contributed by atoms with Crippen molar-refractivity contribution in [1.29, 1.82) is 0 Å². The summed E-state index contributed by atoms with van der Waals surface area (Å²) in [6, 6.07) is 0. The van der Waals surface area contributed by atoms with Crippen molar-refractivity contribution in [2.45, 2.75) is 32.2 Å². The van der Waals surface area contributed by atoms with Crippen molar-refractivity contribution in [3.8, 4) is 0 Å². The van der Waals surface area contributed by atoms with Crippen molar-refractivity contribution in [2.24, 2.45) is 0 Å². The number of nitrogens with zero attached hydrogens (tertiary/aromatic N) is 1. The van der Waals surface area contributed by atoms with Gasteiger partial charge in [0.15, 0.2) is 0 Å². The van der Waals surface area contributed by atoms with E-state index in [4.69, 9.17) is 0 Å². The Morgan fingerprint density at radius 2 is 2.36 bits per heavy atom. The first kappa shape index (κ1) is 11.9. The zero-order chi connectivity index (χ0) is 10.6. The summed E-state index contributed by atoms with van der Waals surface area (Å²) in [5, 5.41) is 3.28. The predicted octanol–water partition coefficient (Wildman–Crippen LogP) is 1.30. The zero-order valence-electron chi connectivity index (χ0n) is 9.30. The van der Waals surface area contributed by atoms with Crippen molar-refractivity contribution >= 4 is 17.7 Å². The van der Waals surface area contributed by atoms with Crippen molar-refractivity contribution in [2.75, 3.05) is 25.2 Å². The molecule has 0 saturated carbocycles. The molecule has 1 amide bonds. The molecule has 0 aromatic rings. The van der Waals surface area contributed by atoms with Crippen LogP contribution in [0, 0.1) is 0 Å². The van der Waals surface area contributed by atoms with Gasteiger partial charge < -0.3 is 4.90 Å². The Kier molecular flexibility index (Phi) is 4.26. The average Bonchev–Trinajstić information content (AvgIpc) is 2.47. The van der Waals surface area contributed by atoms with Gasteiger partial charge in [0.2, 0.25) is 5.91 Å². The first-order valence-electron chi connectivity index (χ1n) is 5.17. The topological polar surface area (TPSA) is 32.3 Å². The summed E-state index contributed by atoms with van der Waals surface area (Å²) in [4.78, 5) is 13.8. The van der Waals surface area contributed by atoms with Crippen LogP contribution in [-0.2, 0) is 4.79 Å². The third kappa shape index (κ3) is 2.42. The molecule has 1 aliphatic rings. The summed E-state index contributed by atoms with van der Waals surface area (Å²) in [7, 11) is 0. The molecule has 1 rings (SSSR count). The lowest BCUT2D eigenvalue weighted by Gasteiger charge is -2.20. The van der Waals surface area contributed by atoms with Crippen molar-refractivity contribution in [1.82, 2.24) is 10.2 Å². The molecule has 0 radical (unpaired) electrons. The highest BCUT2D eigenvalue weighted by atomic mass is 32.2. The second-order valence-corrected chi connectivity index (χ2v) is 4.92. The maximum absolute atomic E-state index is 11.9. The molecule has 1 fully saturated rings. The standard InChI is InChI=1S/C10H20N2OS/c1-4-10(2)9(13)12(8-11-10)6-5-7-14-3/h11H,4-8H2,1-3H3. The molecule has 14 heavy (non-hydrogen) atoms. The number of carbonyl (C=O) groups excluding carboxylic acids is 1. The Labute approximate surface area is 90.6 Å². The first-order chi connectivity index (χ1) is 6.64. The Balaban J connectivity index is 2.40. The smallest absolute Gasteiger partial charge is 0.243 e. The van der Waals surface area contributed by atoms with Gasteiger partial charge in [-0.15, -0.1) is 0 Å². The number of rotatable bonds is 5. The van der Waals surface area contributed by atoms with Crippen LogP contribution < -0.4 is 5.32 Å². The van der Waals surface area contributed by atoms with Gasteiger partial charge in [-0.3, -0.25) is 10.1 Å². The van der Waals surface area contributed by atoms with E-state index in [0.29, 0.717) is 0 Å². The van der Waals surface area contributed by atoms with E-state index in [0.717, 1.165) is 31.8 Å². The SMILES string of the molecule is CCC1(C)NCN(CCCSC)C1=O. The first-order valence-corrected chi connectivity index (χ1v) is 6.57. The van der Waals surface area contributed by atoms with Crippen LogP contribution in [0.2, 0.25) is 0 Å². The molecular formula is C10H20N2OS. The maximum atomic E-state index is 11.9. The third-order valence-electron chi connectivity index (χ3n) is 2.90. The van der Waals surface area contributed by atoms with Gasteiger partial charge in [-0.2, -0.15) is 11.8 Å². The molecule has 1 heterocycles. The molecule has 82 valence electrons. The van der Waals surface area contributed by atoms with Crippen LogP contribution in [0.5, 0.6) is 0 Å². The Hall–Kier alpha value is -0.220. The molecular weight excluding hydrogens is 196 g/mol. The second-order valence-electron chi connectivity index (χ2n) is 3.94. The van der Waals surface area contributed by atoms with Crippen molar-refractivity contribution < 1.29 is 4.79 Å². The van der Waals surface area contributed by atoms with Crippen LogP contribution in [0.3, 0.4) is 0 Å². The van der Waals surface area contributed by atoms with Gasteiger partial charge in [-0.1, -0.05) is 6.92 Å². The van der Waals surface area contributed by atoms with E-state index in [2.05, 4.69) is 18.5 Å². The van der Waals surface area contributed by atoms with E-state index in [-0.39, 0.29) is 11.4 Å². The maximum Gasteiger partial charge on any atom is 0.243 e. The molecule has 0 aromatic carbocycles. The predicted molar refractivity (Wildman–Crippen MR) is 61.4 cm³/mol. The summed E-state index contributed by atoms with van der Waals surface area (Å²) in [5.74, 6) is 1.40. The molecule has 1 aliphatic heterocycles. The summed E-state index contributed by atoms with van der Waals surface area (Å²) < 4.78 is 0. The Morgan fingerprint density at radius 3 is 2.86 bits per heavy atom. The second kappa shape index (κ2) is 5.03. The lowest BCUT2D eigenvalue weighted by atomic mass is 9.99. The highest BCUT2D eigenvalue weighted by Gasteiger charge is 2.40. The van der Waals surface area contributed by atoms with Crippen molar-refractivity contribution in [3.05, 3.63) is 0 Å². The van der Waals surface area contributed by atoms with Crippen LogP contribution in [0.25, 0.3) is 0 Å². The molecule has 0 spiro atoms. The molecule has 0 bridgehead atoms. The van der Waals surface area contributed by atoms with E-state index in [1.54, 1.807) is 0 Å². The number of carbonyl (C=O) groups is 1. The minimum absolute atomic E-state index is 0.265. The van der Waals surface area contributed by atoms with E-state index in [1.807, 2.05) is 23.6 Å². The molecule has 3 nitrogen and oxygen atoms in total. The molecule has 1 atom stereocenters. The Morgan fingerprint density at radius 1 is 1.64 bits per heavy atom. The molecule has 1 saturated heterocycles. The normalized spacial score (nSPS) is 27.4. The summed E-state index contributed by atoms with van der Waals surface area (Å²) in [6.07, 6.45) is 4.06. The molecule has 1 N–H and O–H groups in total. The fourth-order valence-corrected chi connectivity index (χ4v) is 2.04. The number of hydrogen-bond donors (Lipinski definition) is 1. The van der Waals surface area contributed by atoms with E-state index in [9.17, 15) is 4.79 Å². The lowest BCUT2D eigenvalue weighted by Crippen LogP contribution is -2.43. The number of amides is 1. The highest BCUT2D eigenvalue weighted by molar-refractivity contribution is 7.98. The minimum atomic E-state index is -0.306. The van der Waals surface area contributed by atoms with Gasteiger partial charge in [-0.25, -0.2) is 0 Å². The van der Waals surface area contributed by atoms with E-state index >= 15 is 0 Å². The summed E-state index contributed by atoms with van der Waals surface area (Å²) in [6.45, 7) is 5.65. The summed E-state index contributed by atoms with van der Waals surface area (Å²) >= 11 is 1.83. The average molecular weight is 216 g/mol. The number of thioether (sulfide) groups is 1. The molecule has 0 aliphatic carbocycles. The van der Waals surface area contributed by atoms with Crippen LogP contribution in [-0.4, -0.2) is 41.6 Å². The number of hydrogen-bond acceptors (Lipinski definition) is 3. The fourth-order valence-electron chi connectivity index (χ4n) is 1.62. The van der Waals surface area contributed by atoms with Gasteiger partial charge in [0.1, 0.15) is 0 Å². The fraction of sp³-hybridized carbons (Fsp3) is 0.900. The van der Waals surface area contributed by atoms with Crippen molar-refractivity contribution in [3.63, 3.8) is 0 Å². The quantitative estimate of drug-likeness (QED) is 0.703. The van der Waals surface area contributed by atoms with Crippen LogP contribution in [0.1, 0.15) is 26.7 Å². The van der Waals surface area contributed by atoms with Gasteiger partial charge >= 0.3 is 0 Å². The lowest BCUT2D eigenvalue weighted by molar-refractivity contribution is -0.132. The minimum Gasteiger partial charge on any atom is -0.328 e. The summed E-state index contributed by atoms with van der Waals surface area (Å²) in [5.41, 5.74) is -0.306. The highest BCUT2D eigenvalue weighted by Crippen LogP contribution is 2.19.